The zero-order valence-electron chi connectivity index (χ0n) is 13.3. The number of hydrogen-bond acceptors (Lipinski definition) is 4. The Morgan fingerprint density at radius 1 is 1.29 bits per heavy atom. The van der Waals surface area contributed by atoms with Gasteiger partial charge in [0.1, 0.15) is 5.82 Å². The van der Waals surface area contributed by atoms with Crippen molar-refractivity contribution in [1.82, 2.24) is 4.98 Å². The molecule has 128 valence electrons. The summed E-state index contributed by atoms with van der Waals surface area (Å²) in [6.07, 6.45) is 4.12. The minimum absolute atomic E-state index is 0.147. The van der Waals surface area contributed by atoms with Crippen molar-refractivity contribution >= 4 is 27.4 Å². The minimum atomic E-state index is -3.73. The van der Waals surface area contributed by atoms with Crippen LogP contribution in [0.25, 0.3) is 0 Å². The van der Waals surface area contributed by atoms with Crippen molar-refractivity contribution in [3.05, 3.63) is 52.7 Å². The molecule has 0 bridgehead atoms. The van der Waals surface area contributed by atoms with Gasteiger partial charge in [-0.2, -0.15) is 0 Å². The molecule has 1 aliphatic rings. The van der Waals surface area contributed by atoms with Crippen molar-refractivity contribution in [2.75, 3.05) is 11.3 Å². The second kappa shape index (κ2) is 7.09. The van der Waals surface area contributed by atoms with Crippen LogP contribution in [0.15, 0.2) is 41.4 Å². The lowest BCUT2D eigenvalue weighted by molar-refractivity contribution is 0.111. The Bertz CT molecular complexity index is 818. The smallest absolute Gasteiger partial charge is 0.263 e. The molecule has 0 aliphatic heterocycles. The van der Waals surface area contributed by atoms with Gasteiger partial charge < -0.3 is 4.74 Å². The molecule has 1 N–H and O–H groups in total. The highest BCUT2D eigenvalue weighted by atomic mass is 35.5. The van der Waals surface area contributed by atoms with Gasteiger partial charge in [-0.15, -0.1) is 0 Å². The van der Waals surface area contributed by atoms with Gasteiger partial charge in [-0.25, -0.2) is 13.4 Å². The maximum absolute atomic E-state index is 12.5. The molecule has 0 radical (unpaired) electrons. The summed E-state index contributed by atoms with van der Waals surface area (Å²) in [7, 11) is -3.73. The first kappa shape index (κ1) is 17.2. The Morgan fingerprint density at radius 3 is 2.75 bits per heavy atom. The summed E-state index contributed by atoms with van der Waals surface area (Å²) < 4.78 is 33.0. The Hall–Kier alpha value is -1.63. The number of ether oxygens (including phenoxy) is 1. The number of nitrogens with one attached hydrogen (secondary N) is 1. The average molecular weight is 367 g/mol. The summed E-state index contributed by atoms with van der Waals surface area (Å²) in [5.74, 6) is 0.977. The van der Waals surface area contributed by atoms with Gasteiger partial charge in [0, 0.05) is 17.8 Å². The van der Waals surface area contributed by atoms with Crippen molar-refractivity contribution in [3.8, 4) is 0 Å². The third-order valence-corrected chi connectivity index (χ3v) is 5.80. The number of nitrogens with zero attached hydrogens (tertiary/aromatic N) is 1. The molecule has 0 saturated heterocycles. The average Bonchev–Trinajstić information content (AvgIpc) is 3.35. The predicted molar refractivity (Wildman–Crippen MR) is 93.6 cm³/mol. The van der Waals surface area contributed by atoms with Gasteiger partial charge in [-0.05, 0) is 55.0 Å². The van der Waals surface area contributed by atoms with Crippen LogP contribution in [0.2, 0.25) is 5.02 Å². The Balaban J connectivity index is 1.66. The number of aromatic nitrogens is 1. The van der Waals surface area contributed by atoms with E-state index in [9.17, 15) is 8.42 Å². The quantitative estimate of drug-likeness (QED) is 0.809. The van der Waals surface area contributed by atoms with Crippen molar-refractivity contribution in [1.29, 1.82) is 0 Å². The summed E-state index contributed by atoms with van der Waals surface area (Å²) in [4.78, 5) is 4.30. The second-order valence-corrected chi connectivity index (χ2v) is 8.04. The summed E-state index contributed by atoms with van der Waals surface area (Å²) in [6, 6.07) is 8.22. The van der Waals surface area contributed by atoms with Crippen LogP contribution in [-0.2, 0) is 21.4 Å². The molecule has 1 heterocycles. The number of anilines is 1. The van der Waals surface area contributed by atoms with Crippen LogP contribution in [-0.4, -0.2) is 20.0 Å². The summed E-state index contributed by atoms with van der Waals surface area (Å²) >= 11 is 6.00. The third kappa shape index (κ3) is 4.26. The van der Waals surface area contributed by atoms with Crippen LogP contribution in [0.3, 0.4) is 0 Å². The number of benzene rings is 1. The van der Waals surface area contributed by atoms with E-state index in [2.05, 4.69) is 9.71 Å². The summed E-state index contributed by atoms with van der Waals surface area (Å²) in [6.45, 7) is 2.94. The number of rotatable bonds is 7. The molecule has 0 spiro atoms. The standard InChI is InChI=1S/C17H19ClN2O3S/c1-12-15(18)3-2-4-16(12)24(21,22)20-17-8-7-14(9-19-17)11-23-10-13-5-6-13/h2-4,7-9,13H,5-6,10-11H2,1H3,(H,19,20). The molecular weight excluding hydrogens is 348 g/mol. The monoisotopic (exact) mass is 366 g/mol. The second-order valence-electron chi connectivity index (χ2n) is 5.98. The van der Waals surface area contributed by atoms with Crippen LogP contribution in [0.4, 0.5) is 5.82 Å². The number of halogens is 1. The zero-order chi connectivity index (χ0) is 17.2. The van der Waals surface area contributed by atoms with Crippen molar-refractivity contribution in [2.45, 2.75) is 31.3 Å². The first-order chi connectivity index (χ1) is 11.5. The van der Waals surface area contributed by atoms with Crippen LogP contribution in [0.1, 0.15) is 24.0 Å². The third-order valence-electron chi connectivity index (χ3n) is 3.89. The number of pyridine rings is 1. The van der Waals surface area contributed by atoms with Gasteiger partial charge in [0.2, 0.25) is 0 Å². The molecular formula is C17H19ClN2O3S. The fourth-order valence-electron chi connectivity index (χ4n) is 2.27. The fourth-order valence-corrected chi connectivity index (χ4v) is 3.78. The molecule has 2 aromatic rings. The molecule has 0 unspecified atom stereocenters. The van der Waals surface area contributed by atoms with Crippen molar-refractivity contribution in [3.63, 3.8) is 0 Å². The van der Waals surface area contributed by atoms with Crippen LogP contribution in [0.5, 0.6) is 0 Å². The molecule has 1 aliphatic carbocycles. The van der Waals surface area contributed by atoms with E-state index in [0.717, 1.165) is 12.2 Å². The van der Waals surface area contributed by atoms with Crippen LogP contribution >= 0.6 is 11.6 Å². The highest BCUT2D eigenvalue weighted by molar-refractivity contribution is 7.92. The molecule has 3 rings (SSSR count). The van der Waals surface area contributed by atoms with Gasteiger partial charge >= 0.3 is 0 Å². The zero-order valence-corrected chi connectivity index (χ0v) is 14.9. The normalized spacial score (nSPS) is 14.6. The van der Waals surface area contributed by atoms with Crippen LogP contribution < -0.4 is 4.72 Å². The largest absolute Gasteiger partial charge is 0.376 e. The van der Waals surface area contributed by atoms with Gasteiger partial charge in [0.05, 0.1) is 11.5 Å². The predicted octanol–water partition coefficient (Wildman–Crippen LogP) is 3.77. The SMILES string of the molecule is Cc1c(Cl)cccc1S(=O)(=O)Nc1ccc(COCC2CC2)cn1. The Kier molecular flexibility index (Phi) is 5.08. The lowest BCUT2D eigenvalue weighted by Crippen LogP contribution is -2.15. The van der Waals surface area contributed by atoms with E-state index in [4.69, 9.17) is 16.3 Å². The summed E-state index contributed by atoms with van der Waals surface area (Å²) in [5, 5.41) is 0.411. The first-order valence-corrected chi connectivity index (χ1v) is 9.62. The molecule has 1 aromatic heterocycles. The molecule has 0 atom stereocenters. The van der Waals surface area contributed by atoms with E-state index < -0.39 is 10.0 Å². The minimum Gasteiger partial charge on any atom is -0.376 e. The van der Waals surface area contributed by atoms with E-state index in [1.165, 1.54) is 18.9 Å². The van der Waals surface area contributed by atoms with E-state index in [1.807, 2.05) is 6.07 Å². The topological polar surface area (TPSA) is 68.3 Å². The van der Waals surface area contributed by atoms with Gasteiger partial charge in [-0.3, -0.25) is 4.72 Å². The maximum Gasteiger partial charge on any atom is 0.263 e. The highest BCUT2D eigenvalue weighted by Crippen LogP contribution is 2.29. The Morgan fingerprint density at radius 2 is 2.08 bits per heavy atom. The number of hydrogen-bond donors (Lipinski definition) is 1. The van der Waals surface area contributed by atoms with Crippen molar-refractivity contribution < 1.29 is 13.2 Å². The maximum atomic E-state index is 12.5. The molecule has 24 heavy (non-hydrogen) atoms. The molecule has 7 heteroatoms. The molecule has 5 nitrogen and oxygen atoms in total. The van der Waals surface area contributed by atoms with E-state index in [-0.39, 0.29) is 10.7 Å². The molecule has 1 saturated carbocycles. The van der Waals surface area contributed by atoms with Gasteiger partial charge in [-0.1, -0.05) is 23.7 Å². The Labute approximate surface area is 147 Å². The molecule has 1 fully saturated rings. The van der Waals surface area contributed by atoms with Crippen molar-refractivity contribution in [2.24, 2.45) is 5.92 Å². The van der Waals surface area contributed by atoms with Crippen LogP contribution in [0, 0.1) is 12.8 Å². The van der Waals surface area contributed by atoms with Gasteiger partial charge in [0.25, 0.3) is 10.0 Å². The highest BCUT2D eigenvalue weighted by Gasteiger charge is 2.21. The summed E-state index contributed by atoms with van der Waals surface area (Å²) in [5.41, 5.74) is 1.43. The van der Waals surface area contributed by atoms with Gasteiger partial charge in [0.15, 0.2) is 0 Å². The number of sulfonamides is 1. The lowest BCUT2D eigenvalue weighted by Gasteiger charge is -2.11. The lowest BCUT2D eigenvalue weighted by atomic mass is 10.2. The molecule has 0 amide bonds. The van der Waals surface area contributed by atoms with E-state index in [1.54, 1.807) is 31.3 Å². The van der Waals surface area contributed by atoms with E-state index >= 15 is 0 Å². The van der Waals surface area contributed by atoms with E-state index in [0.29, 0.717) is 23.1 Å². The fraction of sp³-hybridized carbons (Fsp3) is 0.353. The first-order valence-electron chi connectivity index (χ1n) is 7.76. The molecule has 1 aromatic carbocycles.